The highest BCUT2D eigenvalue weighted by molar-refractivity contribution is 5.90. The van der Waals surface area contributed by atoms with Gasteiger partial charge in [-0.15, -0.1) is 0 Å². The van der Waals surface area contributed by atoms with E-state index >= 15 is 0 Å². The molecular weight excluding hydrogens is 318 g/mol. The Morgan fingerprint density at radius 1 is 1.24 bits per heavy atom. The van der Waals surface area contributed by atoms with Crippen LogP contribution in [0.3, 0.4) is 0 Å². The molecule has 130 valence electrons. The smallest absolute Gasteiger partial charge is 0.267 e. The fourth-order valence-corrected chi connectivity index (χ4v) is 2.96. The number of aliphatic hydroxyl groups excluding tert-OH is 1. The Kier molecular flexibility index (Phi) is 5.48. The molecule has 0 heterocycles. The maximum atomic E-state index is 11.0. The van der Waals surface area contributed by atoms with Gasteiger partial charge in [0.2, 0.25) is 0 Å². The van der Waals surface area contributed by atoms with Gasteiger partial charge in [-0.25, -0.2) is 5.48 Å². The summed E-state index contributed by atoms with van der Waals surface area (Å²) in [7, 11) is 0. The number of nitrogens with one attached hydrogen (secondary N) is 1. The number of ether oxygens (including phenoxy) is 1. The van der Waals surface area contributed by atoms with Gasteiger partial charge in [0.1, 0.15) is 12.4 Å². The number of hydrogen-bond donors (Lipinski definition) is 3. The molecule has 5 heteroatoms. The van der Waals surface area contributed by atoms with Crippen LogP contribution in [0.1, 0.15) is 41.2 Å². The average molecular weight is 339 g/mol. The number of aliphatic hydroxyl groups is 1. The molecular formula is C20H21NO4. The third kappa shape index (κ3) is 4.47. The van der Waals surface area contributed by atoms with Crippen molar-refractivity contribution >= 4 is 12.0 Å². The number of fused-ring (bicyclic) bond motifs is 1. The van der Waals surface area contributed by atoms with Crippen LogP contribution in [0.5, 0.6) is 5.75 Å². The maximum Gasteiger partial charge on any atom is 0.267 e. The van der Waals surface area contributed by atoms with Crippen molar-refractivity contribution in [3.8, 4) is 5.75 Å². The largest absolute Gasteiger partial charge is 0.489 e. The van der Waals surface area contributed by atoms with Crippen LogP contribution < -0.4 is 10.2 Å². The topological polar surface area (TPSA) is 78.8 Å². The van der Waals surface area contributed by atoms with Crippen LogP contribution >= 0.6 is 0 Å². The maximum absolute atomic E-state index is 11.0. The monoisotopic (exact) mass is 339 g/mol. The number of carbonyl (C=O) groups is 1. The highest BCUT2D eigenvalue weighted by atomic mass is 16.5. The zero-order valence-electron chi connectivity index (χ0n) is 13.8. The lowest BCUT2D eigenvalue weighted by Crippen LogP contribution is -2.14. The number of hydroxylamine groups is 1. The molecule has 3 N–H and O–H groups in total. The van der Waals surface area contributed by atoms with Crippen molar-refractivity contribution in [3.63, 3.8) is 0 Å². The Morgan fingerprint density at radius 3 is 2.80 bits per heavy atom. The number of carbonyl (C=O) groups excluding carboxylic acids is 1. The lowest BCUT2D eigenvalue weighted by molar-refractivity contribution is -0.124. The minimum atomic E-state index is -0.565. The van der Waals surface area contributed by atoms with E-state index in [1.165, 1.54) is 11.6 Å². The third-order valence-electron chi connectivity index (χ3n) is 4.32. The van der Waals surface area contributed by atoms with Gasteiger partial charge in [-0.2, -0.15) is 0 Å². The lowest BCUT2D eigenvalue weighted by Gasteiger charge is -2.21. The Morgan fingerprint density at radius 2 is 2.04 bits per heavy atom. The van der Waals surface area contributed by atoms with E-state index in [1.54, 1.807) is 11.6 Å². The minimum Gasteiger partial charge on any atom is -0.489 e. The van der Waals surface area contributed by atoms with E-state index < -0.39 is 5.91 Å². The summed E-state index contributed by atoms with van der Waals surface area (Å²) in [6.07, 6.45) is 5.32. The standard InChI is InChI=1S/C20H21NO4/c22-19-3-1-2-16-12-17(9-10-18(16)19)25-13-15-6-4-14(5-7-15)8-11-20(23)21-24/h4-12,19,22,24H,1-3,13H2,(H,21,23)/b11-8+. The van der Waals surface area contributed by atoms with Crippen molar-refractivity contribution in [3.05, 3.63) is 70.8 Å². The molecule has 1 aliphatic carbocycles. The summed E-state index contributed by atoms with van der Waals surface area (Å²) in [4.78, 5) is 11.0. The van der Waals surface area contributed by atoms with Crippen LogP contribution in [0.2, 0.25) is 0 Å². The summed E-state index contributed by atoms with van der Waals surface area (Å²) in [5.41, 5.74) is 5.60. The van der Waals surface area contributed by atoms with Gasteiger partial charge in [-0.1, -0.05) is 30.3 Å². The quantitative estimate of drug-likeness (QED) is 0.444. The van der Waals surface area contributed by atoms with E-state index in [0.29, 0.717) is 6.61 Å². The van der Waals surface area contributed by atoms with E-state index in [0.717, 1.165) is 41.7 Å². The lowest BCUT2D eigenvalue weighted by atomic mass is 9.89. The van der Waals surface area contributed by atoms with Crippen molar-refractivity contribution in [2.75, 3.05) is 0 Å². The van der Waals surface area contributed by atoms with Gasteiger partial charge < -0.3 is 9.84 Å². The molecule has 0 saturated carbocycles. The highest BCUT2D eigenvalue weighted by Gasteiger charge is 2.18. The molecule has 0 aromatic heterocycles. The van der Waals surface area contributed by atoms with Gasteiger partial charge >= 0.3 is 0 Å². The number of hydrogen-bond acceptors (Lipinski definition) is 4. The molecule has 0 fully saturated rings. The first-order valence-corrected chi connectivity index (χ1v) is 8.30. The SMILES string of the molecule is O=C(/C=C/c1ccc(COc2ccc3c(c2)CCCC3O)cc1)NO. The summed E-state index contributed by atoms with van der Waals surface area (Å²) in [5.74, 6) is 0.237. The van der Waals surface area contributed by atoms with Gasteiger partial charge in [-0.3, -0.25) is 10.0 Å². The van der Waals surface area contributed by atoms with Crippen molar-refractivity contribution in [1.29, 1.82) is 0 Å². The molecule has 3 rings (SSSR count). The normalized spacial score (nSPS) is 16.5. The molecule has 25 heavy (non-hydrogen) atoms. The summed E-state index contributed by atoms with van der Waals surface area (Å²) in [6, 6.07) is 13.5. The second-order valence-electron chi connectivity index (χ2n) is 6.11. The van der Waals surface area contributed by atoms with E-state index in [4.69, 9.17) is 9.94 Å². The number of amides is 1. The zero-order valence-corrected chi connectivity index (χ0v) is 13.8. The summed E-state index contributed by atoms with van der Waals surface area (Å²) in [6.45, 7) is 0.447. The van der Waals surface area contributed by atoms with Gasteiger partial charge in [0.25, 0.3) is 5.91 Å². The van der Waals surface area contributed by atoms with Crippen LogP contribution in [0.4, 0.5) is 0 Å². The highest BCUT2D eigenvalue weighted by Crippen LogP contribution is 2.32. The molecule has 5 nitrogen and oxygen atoms in total. The molecule has 1 aliphatic rings. The minimum absolute atomic E-state index is 0.355. The van der Waals surface area contributed by atoms with E-state index in [1.807, 2.05) is 42.5 Å². The number of benzene rings is 2. The molecule has 2 aromatic carbocycles. The van der Waals surface area contributed by atoms with Crippen molar-refractivity contribution in [2.24, 2.45) is 0 Å². The Balaban J connectivity index is 1.60. The predicted octanol–water partition coefficient (Wildman–Crippen LogP) is 3.15. The Bertz CT molecular complexity index is 768. The molecule has 0 radical (unpaired) electrons. The first kappa shape index (κ1) is 17.2. The summed E-state index contributed by atoms with van der Waals surface area (Å²) in [5, 5.41) is 18.4. The molecule has 2 aromatic rings. The van der Waals surface area contributed by atoms with Crippen LogP contribution in [-0.4, -0.2) is 16.2 Å². The van der Waals surface area contributed by atoms with Crippen molar-refractivity contribution in [2.45, 2.75) is 32.0 Å². The van der Waals surface area contributed by atoms with E-state index in [2.05, 4.69) is 0 Å². The Hall–Kier alpha value is -2.63. The van der Waals surface area contributed by atoms with Gasteiger partial charge in [0.05, 0.1) is 6.10 Å². The van der Waals surface area contributed by atoms with Crippen LogP contribution in [0.25, 0.3) is 6.08 Å². The molecule has 1 atom stereocenters. The van der Waals surface area contributed by atoms with Gasteiger partial charge in [0, 0.05) is 6.08 Å². The Labute approximate surface area is 146 Å². The van der Waals surface area contributed by atoms with E-state index in [-0.39, 0.29) is 6.10 Å². The summed E-state index contributed by atoms with van der Waals surface area (Å²) >= 11 is 0. The first-order chi connectivity index (χ1) is 12.2. The molecule has 0 aliphatic heterocycles. The second kappa shape index (κ2) is 7.96. The predicted molar refractivity (Wildman–Crippen MR) is 94.1 cm³/mol. The zero-order chi connectivity index (χ0) is 17.6. The van der Waals surface area contributed by atoms with Gasteiger partial charge in [-0.05, 0) is 59.7 Å². The molecule has 1 amide bonds. The van der Waals surface area contributed by atoms with Crippen molar-refractivity contribution in [1.82, 2.24) is 5.48 Å². The molecule has 0 saturated heterocycles. The third-order valence-corrected chi connectivity index (χ3v) is 4.32. The molecule has 0 bridgehead atoms. The van der Waals surface area contributed by atoms with Crippen molar-refractivity contribution < 1.29 is 19.8 Å². The average Bonchev–Trinajstić information content (AvgIpc) is 2.65. The fraction of sp³-hybridized carbons (Fsp3) is 0.250. The fourth-order valence-electron chi connectivity index (χ4n) is 2.96. The summed E-state index contributed by atoms with van der Waals surface area (Å²) < 4.78 is 5.85. The second-order valence-corrected chi connectivity index (χ2v) is 6.11. The molecule has 0 spiro atoms. The van der Waals surface area contributed by atoms with Crippen LogP contribution in [0.15, 0.2) is 48.5 Å². The number of aryl methyl sites for hydroxylation is 1. The van der Waals surface area contributed by atoms with Gasteiger partial charge in [0.15, 0.2) is 0 Å². The van der Waals surface area contributed by atoms with Crippen LogP contribution in [0, 0.1) is 0 Å². The molecule has 1 unspecified atom stereocenters. The number of rotatable bonds is 5. The van der Waals surface area contributed by atoms with E-state index in [9.17, 15) is 9.90 Å². The first-order valence-electron chi connectivity index (χ1n) is 8.30. The van der Waals surface area contributed by atoms with Crippen LogP contribution in [-0.2, 0) is 17.8 Å².